The Labute approximate surface area is 135 Å². The third kappa shape index (κ3) is 2.97. The van der Waals surface area contributed by atoms with E-state index >= 15 is 0 Å². The van der Waals surface area contributed by atoms with Crippen molar-refractivity contribution < 1.29 is 9.90 Å². The molecule has 0 radical (unpaired) electrons. The molecular weight excluding hydrogens is 292 g/mol. The number of aromatic hydroxyl groups is 1. The summed E-state index contributed by atoms with van der Waals surface area (Å²) in [7, 11) is 1.56. The van der Waals surface area contributed by atoms with Gasteiger partial charge >= 0.3 is 0 Å². The average Bonchev–Trinajstić information content (AvgIpc) is 2.55. The molecule has 1 aliphatic carbocycles. The molecule has 3 rings (SSSR count). The molecule has 6 nitrogen and oxygen atoms in total. The molecule has 23 heavy (non-hydrogen) atoms. The Bertz CT molecular complexity index is 696. The second kappa shape index (κ2) is 6.24. The molecule has 0 spiro atoms. The number of amides is 1. The predicted molar refractivity (Wildman–Crippen MR) is 87.5 cm³/mol. The van der Waals surface area contributed by atoms with E-state index in [4.69, 9.17) is 0 Å². The minimum atomic E-state index is -0.256. The van der Waals surface area contributed by atoms with E-state index in [1.165, 1.54) is 0 Å². The van der Waals surface area contributed by atoms with Gasteiger partial charge in [-0.2, -0.15) is 0 Å². The van der Waals surface area contributed by atoms with Gasteiger partial charge in [-0.3, -0.25) is 4.79 Å². The Morgan fingerprint density at radius 2 is 2.00 bits per heavy atom. The van der Waals surface area contributed by atoms with E-state index in [-0.39, 0.29) is 17.0 Å². The fraction of sp³-hybridized carbons (Fsp3) is 0.353. The Kier molecular flexibility index (Phi) is 4.14. The first-order chi connectivity index (χ1) is 11.1. The quantitative estimate of drug-likeness (QED) is 0.787. The van der Waals surface area contributed by atoms with Gasteiger partial charge in [-0.05, 0) is 31.0 Å². The molecule has 1 aromatic carbocycles. The van der Waals surface area contributed by atoms with Gasteiger partial charge in [-0.1, -0.05) is 24.6 Å². The van der Waals surface area contributed by atoms with Crippen LogP contribution in [0.1, 0.15) is 35.3 Å². The molecule has 1 fully saturated rings. The second-order valence-electron chi connectivity index (χ2n) is 5.89. The number of nitrogens with zero attached hydrogens (tertiary/aromatic N) is 2. The Morgan fingerprint density at radius 1 is 1.22 bits per heavy atom. The molecule has 120 valence electrons. The lowest BCUT2D eigenvalue weighted by Gasteiger charge is -2.42. The summed E-state index contributed by atoms with van der Waals surface area (Å²) in [6.45, 7) is 0.679. The van der Waals surface area contributed by atoms with E-state index in [2.05, 4.69) is 20.8 Å². The number of aromatic nitrogens is 2. The van der Waals surface area contributed by atoms with Crippen molar-refractivity contribution in [1.82, 2.24) is 15.5 Å². The fourth-order valence-electron chi connectivity index (χ4n) is 3.00. The lowest BCUT2D eigenvalue weighted by molar-refractivity contribution is 0.0957. The van der Waals surface area contributed by atoms with Gasteiger partial charge in [-0.25, -0.2) is 0 Å². The number of nitrogens with one attached hydrogen (secondary N) is 2. The van der Waals surface area contributed by atoms with Gasteiger partial charge in [0.25, 0.3) is 5.91 Å². The lowest BCUT2D eigenvalue weighted by atomic mass is 9.64. The maximum Gasteiger partial charge on any atom is 0.271 e. The smallest absolute Gasteiger partial charge is 0.271 e. The number of carbonyl (C=O) groups is 1. The third-order valence-electron chi connectivity index (χ3n) is 4.52. The van der Waals surface area contributed by atoms with Crippen molar-refractivity contribution in [3.05, 3.63) is 47.7 Å². The van der Waals surface area contributed by atoms with Gasteiger partial charge in [0.15, 0.2) is 5.69 Å². The molecule has 0 unspecified atom stereocenters. The van der Waals surface area contributed by atoms with E-state index in [0.29, 0.717) is 18.1 Å². The van der Waals surface area contributed by atoms with Crippen molar-refractivity contribution in [1.29, 1.82) is 0 Å². The molecule has 3 N–H and O–H groups in total. The van der Waals surface area contributed by atoms with Crippen molar-refractivity contribution >= 4 is 11.7 Å². The molecule has 0 bridgehead atoms. The number of carbonyl (C=O) groups excluding carboxylic acids is 1. The van der Waals surface area contributed by atoms with Crippen molar-refractivity contribution in [3.63, 3.8) is 0 Å². The maximum absolute atomic E-state index is 11.5. The number of anilines is 1. The Balaban J connectivity index is 1.71. The maximum atomic E-state index is 11.5. The molecule has 1 saturated carbocycles. The number of benzene rings is 1. The topological polar surface area (TPSA) is 87.1 Å². The van der Waals surface area contributed by atoms with Crippen LogP contribution in [0.5, 0.6) is 5.75 Å². The van der Waals surface area contributed by atoms with Gasteiger partial charge in [0, 0.05) is 24.6 Å². The summed E-state index contributed by atoms with van der Waals surface area (Å²) in [6, 6.07) is 10.9. The molecule has 1 aromatic heterocycles. The van der Waals surface area contributed by atoms with Crippen LogP contribution in [0.3, 0.4) is 0 Å². The molecule has 2 aromatic rings. The van der Waals surface area contributed by atoms with E-state index in [0.717, 1.165) is 24.8 Å². The molecule has 0 aliphatic heterocycles. The van der Waals surface area contributed by atoms with Crippen LogP contribution in [0.25, 0.3) is 0 Å². The average molecular weight is 312 g/mol. The third-order valence-corrected chi connectivity index (χ3v) is 4.52. The monoisotopic (exact) mass is 312 g/mol. The van der Waals surface area contributed by atoms with E-state index in [1.807, 2.05) is 18.2 Å². The van der Waals surface area contributed by atoms with Crippen LogP contribution < -0.4 is 10.6 Å². The molecule has 1 aliphatic rings. The molecule has 0 atom stereocenters. The summed E-state index contributed by atoms with van der Waals surface area (Å²) in [5.74, 6) is 0.711. The summed E-state index contributed by atoms with van der Waals surface area (Å²) in [5, 5.41) is 23.9. The normalized spacial score (nSPS) is 15.5. The van der Waals surface area contributed by atoms with E-state index in [1.54, 1.807) is 25.2 Å². The number of hydrogen-bond donors (Lipinski definition) is 3. The highest BCUT2D eigenvalue weighted by atomic mass is 16.3. The largest absolute Gasteiger partial charge is 0.508 e. The van der Waals surface area contributed by atoms with Gasteiger partial charge in [0.1, 0.15) is 11.6 Å². The van der Waals surface area contributed by atoms with E-state index < -0.39 is 0 Å². The minimum Gasteiger partial charge on any atom is -0.508 e. The van der Waals surface area contributed by atoms with Crippen LogP contribution in [-0.4, -0.2) is 34.8 Å². The van der Waals surface area contributed by atoms with Crippen LogP contribution in [0, 0.1) is 0 Å². The molecule has 1 amide bonds. The zero-order chi connectivity index (χ0) is 16.3. The summed E-state index contributed by atoms with van der Waals surface area (Å²) < 4.78 is 0. The van der Waals surface area contributed by atoms with Crippen molar-refractivity contribution in [2.75, 3.05) is 18.9 Å². The number of para-hydroxylation sites is 1. The Morgan fingerprint density at radius 3 is 2.57 bits per heavy atom. The van der Waals surface area contributed by atoms with Crippen LogP contribution in [0.2, 0.25) is 0 Å². The van der Waals surface area contributed by atoms with Gasteiger partial charge < -0.3 is 15.7 Å². The highest BCUT2D eigenvalue weighted by molar-refractivity contribution is 5.91. The SMILES string of the molecule is CNC(=O)c1ccc(NCC2(c3ccccc3O)CCC2)nn1. The van der Waals surface area contributed by atoms with Gasteiger partial charge in [0.2, 0.25) is 0 Å². The van der Waals surface area contributed by atoms with Gasteiger partial charge in [-0.15, -0.1) is 10.2 Å². The highest BCUT2D eigenvalue weighted by Gasteiger charge is 2.40. The van der Waals surface area contributed by atoms with Crippen molar-refractivity contribution in [2.24, 2.45) is 0 Å². The zero-order valence-electron chi connectivity index (χ0n) is 13.0. The molecule has 0 saturated heterocycles. The summed E-state index contributed by atoms with van der Waals surface area (Å²) in [4.78, 5) is 11.5. The summed E-state index contributed by atoms with van der Waals surface area (Å²) in [5.41, 5.74) is 1.21. The number of rotatable bonds is 5. The fourth-order valence-corrected chi connectivity index (χ4v) is 3.00. The molecule has 6 heteroatoms. The lowest BCUT2D eigenvalue weighted by Crippen LogP contribution is -2.41. The first-order valence-electron chi connectivity index (χ1n) is 7.73. The first-order valence-corrected chi connectivity index (χ1v) is 7.73. The van der Waals surface area contributed by atoms with Crippen LogP contribution in [-0.2, 0) is 5.41 Å². The summed E-state index contributed by atoms with van der Waals surface area (Å²) in [6.07, 6.45) is 3.21. The minimum absolute atomic E-state index is 0.0630. The molecular formula is C17H20N4O2. The zero-order valence-corrected chi connectivity index (χ0v) is 13.0. The van der Waals surface area contributed by atoms with Crippen LogP contribution in [0.4, 0.5) is 5.82 Å². The Hall–Kier alpha value is -2.63. The second-order valence-corrected chi connectivity index (χ2v) is 5.89. The number of phenols is 1. The van der Waals surface area contributed by atoms with Crippen LogP contribution in [0.15, 0.2) is 36.4 Å². The van der Waals surface area contributed by atoms with E-state index in [9.17, 15) is 9.90 Å². The van der Waals surface area contributed by atoms with Crippen LogP contribution >= 0.6 is 0 Å². The standard InChI is InChI=1S/C17H20N4O2/c1-18-16(23)13-7-8-15(21-20-13)19-11-17(9-4-10-17)12-5-2-3-6-14(12)22/h2-3,5-8,22H,4,9-11H2,1H3,(H,18,23)(H,19,21). The summed E-state index contributed by atoms with van der Waals surface area (Å²) >= 11 is 0. The molecule has 1 heterocycles. The number of hydrogen-bond acceptors (Lipinski definition) is 5. The predicted octanol–water partition coefficient (Wildman–Crippen LogP) is 2.08. The highest BCUT2D eigenvalue weighted by Crippen LogP contribution is 2.46. The number of phenolic OH excluding ortho intramolecular Hbond substituents is 1. The van der Waals surface area contributed by atoms with Crippen molar-refractivity contribution in [2.45, 2.75) is 24.7 Å². The van der Waals surface area contributed by atoms with Gasteiger partial charge in [0.05, 0.1) is 0 Å². The van der Waals surface area contributed by atoms with Crippen molar-refractivity contribution in [3.8, 4) is 5.75 Å². The first kappa shape index (κ1) is 15.3.